The van der Waals surface area contributed by atoms with Gasteiger partial charge in [-0.1, -0.05) is 37.0 Å². The van der Waals surface area contributed by atoms with Crippen molar-refractivity contribution in [2.45, 2.75) is 64.0 Å². The molecule has 2 aromatic carbocycles. The molecule has 2 unspecified atom stereocenters. The van der Waals surface area contributed by atoms with Crippen molar-refractivity contribution < 1.29 is 13.9 Å². The first-order chi connectivity index (χ1) is 17.0. The Kier molecular flexibility index (Phi) is 7.28. The second-order valence-electron chi connectivity index (χ2n) is 10.5. The average molecular weight is 480 g/mol. The van der Waals surface area contributed by atoms with Crippen LogP contribution in [0, 0.1) is 18.7 Å². The van der Waals surface area contributed by atoms with Crippen LogP contribution < -0.4 is 15.0 Å². The molecule has 5 nitrogen and oxygen atoms in total. The minimum atomic E-state index is -0.291. The molecular weight excluding hydrogens is 441 g/mol. The molecule has 0 aromatic heterocycles. The van der Waals surface area contributed by atoms with Crippen LogP contribution in [0.15, 0.2) is 36.4 Å². The number of Topliss-reactive ketones (excluding diaryl/α,β-unsaturated/α-hetero) is 1. The van der Waals surface area contributed by atoms with Crippen molar-refractivity contribution in [2.24, 2.45) is 5.92 Å². The monoisotopic (exact) mass is 479 g/mol. The number of ketones is 1. The van der Waals surface area contributed by atoms with Gasteiger partial charge in [-0.25, -0.2) is 4.39 Å². The Morgan fingerprint density at radius 1 is 1.03 bits per heavy atom. The summed E-state index contributed by atoms with van der Waals surface area (Å²) in [7, 11) is 1.58. The number of carbonyl (C=O) groups is 1. The number of methoxy groups -OCH3 is 1. The van der Waals surface area contributed by atoms with Crippen molar-refractivity contribution in [1.29, 1.82) is 0 Å². The Labute approximate surface area is 208 Å². The van der Waals surface area contributed by atoms with E-state index in [0.29, 0.717) is 11.5 Å². The number of aryl methyl sites for hydroxylation is 2. The van der Waals surface area contributed by atoms with Gasteiger partial charge < -0.3 is 15.0 Å². The lowest BCUT2D eigenvalue weighted by molar-refractivity contribution is -0.130. The molecule has 0 spiro atoms. The van der Waals surface area contributed by atoms with E-state index in [1.54, 1.807) is 13.2 Å². The molecule has 1 N–H and O–H groups in total. The standard InChI is InChI=1S/C29H38FN3O2/c1-20-8-11-24-22(18-20)9-12-25(31-24)28(29(34)21-6-4-3-5-7-21)33-16-14-32(15-17-33)26-13-10-23(30)19-27(26)35-2/h8,10-11,13,18-19,21,25,28,31H,3-7,9,12,14-17H2,1-2H3. The molecule has 2 aliphatic heterocycles. The molecule has 0 amide bonds. The summed E-state index contributed by atoms with van der Waals surface area (Å²) in [6.45, 7) is 5.33. The van der Waals surface area contributed by atoms with Gasteiger partial charge in [0.15, 0.2) is 5.78 Å². The van der Waals surface area contributed by atoms with Gasteiger partial charge in [-0.2, -0.15) is 0 Å². The Morgan fingerprint density at radius 2 is 1.80 bits per heavy atom. The van der Waals surface area contributed by atoms with Gasteiger partial charge in [-0.15, -0.1) is 0 Å². The van der Waals surface area contributed by atoms with Gasteiger partial charge in [0, 0.05) is 49.9 Å². The zero-order valence-corrected chi connectivity index (χ0v) is 21.1. The summed E-state index contributed by atoms with van der Waals surface area (Å²) in [6.07, 6.45) is 7.64. The van der Waals surface area contributed by atoms with E-state index in [1.165, 1.54) is 48.2 Å². The highest BCUT2D eigenvalue weighted by Gasteiger charge is 2.40. The van der Waals surface area contributed by atoms with E-state index in [0.717, 1.165) is 57.5 Å². The van der Waals surface area contributed by atoms with Gasteiger partial charge in [-0.3, -0.25) is 9.69 Å². The van der Waals surface area contributed by atoms with E-state index in [4.69, 9.17) is 4.74 Å². The number of fused-ring (bicyclic) bond motifs is 1. The topological polar surface area (TPSA) is 44.8 Å². The smallest absolute Gasteiger partial charge is 0.155 e. The van der Waals surface area contributed by atoms with Crippen molar-refractivity contribution in [1.82, 2.24) is 4.90 Å². The number of nitrogens with zero attached hydrogens (tertiary/aromatic N) is 2. The predicted octanol–water partition coefficient (Wildman–Crippen LogP) is 5.21. The summed E-state index contributed by atoms with van der Waals surface area (Å²) >= 11 is 0. The van der Waals surface area contributed by atoms with Crippen LogP contribution in [0.3, 0.4) is 0 Å². The fourth-order valence-electron chi connectivity index (χ4n) is 6.30. The van der Waals surface area contributed by atoms with Crippen LogP contribution in [0.1, 0.15) is 49.7 Å². The SMILES string of the molecule is COc1cc(F)ccc1N1CCN(C(C(=O)C2CCCCC2)C2CCc3cc(C)ccc3N2)CC1. The van der Waals surface area contributed by atoms with Crippen LogP contribution in [0.4, 0.5) is 15.8 Å². The number of rotatable bonds is 6. The zero-order chi connectivity index (χ0) is 24.4. The molecule has 5 rings (SSSR count). The summed E-state index contributed by atoms with van der Waals surface area (Å²) in [5.74, 6) is 0.895. The quantitative estimate of drug-likeness (QED) is 0.616. The van der Waals surface area contributed by atoms with Crippen molar-refractivity contribution in [2.75, 3.05) is 43.5 Å². The Bertz CT molecular complexity index is 1040. The van der Waals surface area contributed by atoms with Crippen LogP contribution in [0.5, 0.6) is 5.75 Å². The lowest BCUT2D eigenvalue weighted by Crippen LogP contribution is -2.60. The van der Waals surface area contributed by atoms with Gasteiger partial charge in [-0.05, 0) is 56.4 Å². The molecule has 1 saturated heterocycles. The van der Waals surface area contributed by atoms with Crippen molar-refractivity contribution in [3.8, 4) is 5.75 Å². The van der Waals surface area contributed by atoms with E-state index < -0.39 is 0 Å². The fourth-order valence-corrected chi connectivity index (χ4v) is 6.30. The summed E-state index contributed by atoms with van der Waals surface area (Å²) < 4.78 is 19.2. The molecule has 2 aromatic rings. The first kappa shape index (κ1) is 24.1. The lowest BCUT2D eigenvalue weighted by atomic mass is 9.80. The second kappa shape index (κ2) is 10.6. The molecule has 2 atom stereocenters. The van der Waals surface area contributed by atoms with E-state index in [-0.39, 0.29) is 23.8 Å². The highest BCUT2D eigenvalue weighted by Crippen LogP contribution is 2.34. The predicted molar refractivity (Wildman–Crippen MR) is 139 cm³/mol. The minimum absolute atomic E-state index is 0.107. The third-order valence-electron chi connectivity index (χ3n) is 8.20. The number of hydrogen-bond acceptors (Lipinski definition) is 5. The molecule has 3 aliphatic rings. The van der Waals surface area contributed by atoms with E-state index in [1.807, 2.05) is 0 Å². The lowest BCUT2D eigenvalue weighted by Gasteiger charge is -2.45. The normalized spacial score (nSPS) is 22.3. The molecule has 188 valence electrons. The van der Waals surface area contributed by atoms with Crippen LogP contribution in [-0.4, -0.2) is 56.1 Å². The highest BCUT2D eigenvalue weighted by molar-refractivity contribution is 5.88. The molecule has 1 aliphatic carbocycles. The largest absolute Gasteiger partial charge is 0.494 e. The van der Waals surface area contributed by atoms with Gasteiger partial charge in [0.1, 0.15) is 11.6 Å². The first-order valence-electron chi connectivity index (χ1n) is 13.3. The number of halogens is 1. The molecule has 2 heterocycles. The fraction of sp³-hybridized carbons (Fsp3) is 0.552. The Balaban J connectivity index is 1.35. The summed E-state index contributed by atoms with van der Waals surface area (Å²) in [4.78, 5) is 18.7. The Morgan fingerprint density at radius 3 is 2.54 bits per heavy atom. The second-order valence-corrected chi connectivity index (χ2v) is 10.5. The van der Waals surface area contributed by atoms with Crippen LogP contribution in [-0.2, 0) is 11.2 Å². The molecule has 0 bridgehead atoms. The Hall–Kier alpha value is -2.60. The average Bonchev–Trinajstić information content (AvgIpc) is 2.89. The van der Waals surface area contributed by atoms with Gasteiger partial charge in [0.2, 0.25) is 0 Å². The number of ether oxygens (including phenoxy) is 1. The van der Waals surface area contributed by atoms with E-state index in [2.05, 4.69) is 40.2 Å². The number of anilines is 2. The van der Waals surface area contributed by atoms with Gasteiger partial charge in [0.05, 0.1) is 18.8 Å². The molecule has 35 heavy (non-hydrogen) atoms. The molecular formula is C29H38FN3O2. The van der Waals surface area contributed by atoms with Crippen LogP contribution in [0.25, 0.3) is 0 Å². The number of nitrogens with one attached hydrogen (secondary N) is 1. The summed E-state index contributed by atoms with van der Waals surface area (Å²) in [5, 5.41) is 3.77. The zero-order valence-electron chi connectivity index (χ0n) is 21.1. The molecule has 0 radical (unpaired) electrons. The number of carbonyl (C=O) groups excluding carboxylic acids is 1. The third-order valence-corrected chi connectivity index (χ3v) is 8.20. The van der Waals surface area contributed by atoms with Crippen LogP contribution in [0.2, 0.25) is 0 Å². The summed E-state index contributed by atoms with van der Waals surface area (Å²) in [5.41, 5.74) is 4.75. The molecule has 2 fully saturated rings. The van der Waals surface area contributed by atoms with Gasteiger partial charge >= 0.3 is 0 Å². The molecule has 1 saturated carbocycles. The maximum Gasteiger partial charge on any atom is 0.155 e. The van der Waals surface area contributed by atoms with Crippen LogP contribution >= 0.6 is 0 Å². The number of hydrogen-bond donors (Lipinski definition) is 1. The van der Waals surface area contributed by atoms with Gasteiger partial charge in [0.25, 0.3) is 0 Å². The number of benzene rings is 2. The van der Waals surface area contributed by atoms with Crippen molar-refractivity contribution in [3.05, 3.63) is 53.3 Å². The summed E-state index contributed by atoms with van der Waals surface area (Å²) in [6, 6.07) is 11.4. The highest BCUT2D eigenvalue weighted by atomic mass is 19.1. The van der Waals surface area contributed by atoms with Crippen molar-refractivity contribution in [3.63, 3.8) is 0 Å². The first-order valence-corrected chi connectivity index (χ1v) is 13.3. The maximum atomic E-state index is 14.0. The third kappa shape index (κ3) is 5.18. The van der Waals surface area contributed by atoms with E-state index in [9.17, 15) is 9.18 Å². The number of piperazine rings is 1. The minimum Gasteiger partial charge on any atom is -0.494 e. The molecule has 6 heteroatoms. The maximum absolute atomic E-state index is 14.0. The van der Waals surface area contributed by atoms with Crippen molar-refractivity contribution >= 4 is 17.2 Å². The van der Waals surface area contributed by atoms with E-state index >= 15 is 0 Å².